The molecule has 1 aliphatic carbocycles. The van der Waals surface area contributed by atoms with Crippen molar-refractivity contribution in [3.05, 3.63) is 70.8 Å². The van der Waals surface area contributed by atoms with Gasteiger partial charge in [-0.25, -0.2) is 0 Å². The maximum Gasteiger partial charge on any atom is 0.253 e. The molecule has 0 heterocycles. The van der Waals surface area contributed by atoms with Crippen LogP contribution in [0.4, 0.5) is 0 Å². The van der Waals surface area contributed by atoms with Gasteiger partial charge >= 0.3 is 0 Å². The van der Waals surface area contributed by atoms with Gasteiger partial charge in [0, 0.05) is 25.2 Å². The zero-order chi connectivity index (χ0) is 23.1. The van der Waals surface area contributed by atoms with Gasteiger partial charge in [-0.1, -0.05) is 35.9 Å². The van der Waals surface area contributed by atoms with Crippen molar-refractivity contribution in [2.24, 2.45) is 5.92 Å². The average molecular weight is 435 g/mol. The van der Waals surface area contributed by atoms with Gasteiger partial charge in [-0.15, -0.1) is 0 Å². The molecule has 4 heteroatoms. The second-order valence-electron chi connectivity index (χ2n) is 9.05. The highest BCUT2D eigenvalue weighted by Crippen LogP contribution is 2.42. The zero-order valence-corrected chi connectivity index (χ0v) is 20.3. The van der Waals surface area contributed by atoms with Crippen molar-refractivity contribution < 1.29 is 9.53 Å². The van der Waals surface area contributed by atoms with Crippen molar-refractivity contribution in [1.82, 2.24) is 9.80 Å². The van der Waals surface area contributed by atoms with Crippen molar-refractivity contribution in [2.45, 2.75) is 39.0 Å². The van der Waals surface area contributed by atoms with E-state index in [4.69, 9.17) is 4.74 Å². The predicted octanol–water partition coefficient (Wildman–Crippen LogP) is 5.71. The van der Waals surface area contributed by atoms with E-state index in [0.29, 0.717) is 11.8 Å². The molecule has 0 spiro atoms. The molecule has 172 valence electrons. The van der Waals surface area contributed by atoms with Gasteiger partial charge in [0.15, 0.2) is 0 Å². The Balaban J connectivity index is 1.86. The number of methoxy groups -OCH3 is 1. The molecule has 0 radical (unpaired) electrons. The van der Waals surface area contributed by atoms with Crippen molar-refractivity contribution >= 4 is 12.0 Å². The van der Waals surface area contributed by atoms with Crippen molar-refractivity contribution in [2.75, 3.05) is 40.8 Å². The fraction of sp³-hybridized carbons (Fsp3) is 0.464. The summed E-state index contributed by atoms with van der Waals surface area (Å²) in [5.41, 5.74) is 4.70. The average Bonchev–Trinajstić information content (AvgIpc) is 2.80. The molecule has 32 heavy (non-hydrogen) atoms. The number of amides is 1. The molecule has 0 N–H and O–H groups in total. The number of ether oxygens (including phenoxy) is 1. The van der Waals surface area contributed by atoms with Crippen LogP contribution >= 0.6 is 0 Å². The molecule has 0 saturated heterocycles. The van der Waals surface area contributed by atoms with Crippen molar-refractivity contribution in [1.29, 1.82) is 0 Å². The Morgan fingerprint density at radius 3 is 2.53 bits per heavy atom. The van der Waals surface area contributed by atoms with Crippen LogP contribution in [0.1, 0.15) is 60.5 Å². The minimum absolute atomic E-state index is 0.110. The Bertz CT molecular complexity index is 931. The van der Waals surface area contributed by atoms with Crippen LogP contribution in [-0.4, -0.2) is 56.5 Å². The van der Waals surface area contributed by atoms with Gasteiger partial charge in [0.05, 0.1) is 7.11 Å². The Hall–Kier alpha value is -2.59. The number of hydrogen-bond donors (Lipinski definition) is 0. The summed E-state index contributed by atoms with van der Waals surface area (Å²) in [5.74, 6) is 2.11. The van der Waals surface area contributed by atoms with Gasteiger partial charge in [-0.2, -0.15) is 0 Å². The Labute approximate surface area is 193 Å². The third-order valence-electron chi connectivity index (χ3n) is 6.56. The lowest BCUT2D eigenvalue weighted by atomic mass is 9.73. The van der Waals surface area contributed by atoms with Gasteiger partial charge in [-0.3, -0.25) is 4.79 Å². The Morgan fingerprint density at radius 1 is 1.09 bits per heavy atom. The monoisotopic (exact) mass is 434 g/mol. The number of carbonyl (C=O) groups is 1. The molecule has 3 rings (SSSR count). The van der Waals surface area contributed by atoms with Gasteiger partial charge in [0.2, 0.25) is 0 Å². The number of rotatable bonds is 8. The van der Waals surface area contributed by atoms with Crippen molar-refractivity contribution in [3.8, 4) is 5.75 Å². The summed E-state index contributed by atoms with van der Waals surface area (Å²) in [5, 5.41) is 0. The largest absolute Gasteiger partial charge is 0.497 e. The van der Waals surface area contributed by atoms with E-state index >= 15 is 0 Å². The SMILES string of the molecule is CCN(CC)C(=O)c1cccc(/C=C2\CC[C@H](CN(C)C)[C@@H](c3cccc(OC)c3)C2)c1. The molecular weight excluding hydrogens is 396 g/mol. The first-order valence-electron chi connectivity index (χ1n) is 11.8. The maximum absolute atomic E-state index is 12.8. The summed E-state index contributed by atoms with van der Waals surface area (Å²) in [7, 11) is 6.05. The first kappa shape index (κ1) is 24.1. The molecule has 2 atom stereocenters. The number of allylic oxidation sites excluding steroid dienone is 1. The van der Waals surface area contributed by atoms with Crippen molar-refractivity contribution in [3.63, 3.8) is 0 Å². The first-order chi connectivity index (χ1) is 15.4. The smallest absolute Gasteiger partial charge is 0.253 e. The second kappa shape index (κ2) is 11.3. The molecule has 1 saturated carbocycles. The van der Waals surface area contributed by atoms with E-state index in [-0.39, 0.29) is 5.91 Å². The summed E-state index contributed by atoms with van der Waals surface area (Å²) in [6.45, 7) is 6.60. The molecule has 1 amide bonds. The molecule has 2 aromatic rings. The van der Waals surface area contributed by atoms with E-state index in [1.165, 1.54) is 17.6 Å². The van der Waals surface area contributed by atoms with Crippen LogP contribution in [0, 0.1) is 5.92 Å². The highest BCUT2D eigenvalue weighted by atomic mass is 16.5. The fourth-order valence-electron chi connectivity index (χ4n) is 4.89. The fourth-order valence-corrected chi connectivity index (χ4v) is 4.89. The highest BCUT2D eigenvalue weighted by Gasteiger charge is 2.29. The number of benzene rings is 2. The molecule has 0 bridgehead atoms. The number of hydrogen-bond acceptors (Lipinski definition) is 3. The summed E-state index contributed by atoms with van der Waals surface area (Å²) in [4.78, 5) is 17.0. The second-order valence-corrected chi connectivity index (χ2v) is 9.05. The van der Waals surface area contributed by atoms with E-state index in [1.54, 1.807) is 7.11 Å². The summed E-state index contributed by atoms with van der Waals surface area (Å²) in [6, 6.07) is 16.6. The molecule has 0 aliphatic heterocycles. The Morgan fingerprint density at radius 2 is 1.84 bits per heavy atom. The van der Waals surface area contributed by atoms with Crippen LogP contribution in [0.2, 0.25) is 0 Å². The molecule has 2 aromatic carbocycles. The predicted molar refractivity (Wildman–Crippen MR) is 133 cm³/mol. The molecule has 0 unspecified atom stereocenters. The lowest BCUT2D eigenvalue weighted by Gasteiger charge is -2.35. The van der Waals surface area contributed by atoms with Gasteiger partial charge in [0.25, 0.3) is 5.91 Å². The van der Waals surface area contributed by atoms with E-state index in [9.17, 15) is 4.79 Å². The molecule has 0 aromatic heterocycles. The highest BCUT2D eigenvalue weighted by molar-refractivity contribution is 5.94. The number of carbonyl (C=O) groups excluding carboxylic acids is 1. The standard InChI is InChI=1S/C28H38N2O2/c1-6-30(7-2)28(31)24-12-8-10-21(17-24)16-22-14-15-25(20-29(3)4)27(18-22)23-11-9-13-26(19-23)32-5/h8-13,16-17,19,25,27H,6-7,14-15,18,20H2,1-5H3/b22-16+/t25-,27-/m1/s1. The van der Waals surface area contributed by atoms with Crippen LogP contribution in [0.15, 0.2) is 54.1 Å². The molecule has 1 fully saturated rings. The van der Waals surface area contributed by atoms with Gasteiger partial charge < -0.3 is 14.5 Å². The minimum Gasteiger partial charge on any atom is -0.497 e. The molecule has 1 aliphatic rings. The Kier molecular flexibility index (Phi) is 8.52. The zero-order valence-electron chi connectivity index (χ0n) is 20.3. The van der Waals surface area contributed by atoms with E-state index in [1.807, 2.05) is 43.0 Å². The molecule has 4 nitrogen and oxygen atoms in total. The summed E-state index contributed by atoms with van der Waals surface area (Å²) in [6.07, 6.45) is 5.62. The van der Waals surface area contributed by atoms with Crippen LogP contribution in [0.3, 0.4) is 0 Å². The van der Waals surface area contributed by atoms with Crippen LogP contribution < -0.4 is 4.74 Å². The van der Waals surface area contributed by atoms with Crippen LogP contribution in [0.25, 0.3) is 6.08 Å². The quantitative estimate of drug-likeness (QED) is 0.534. The topological polar surface area (TPSA) is 32.8 Å². The van der Waals surface area contributed by atoms with E-state index < -0.39 is 0 Å². The van der Waals surface area contributed by atoms with Gasteiger partial charge in [-0.05, 0) is 94.4 Å². The third-order valence-corrected chi connectivity index (χ3v) is 6.56. The minimum atomic E-state index is 0.110. The normalized spacial score (nSPS) is 19.9. The molecular formula is C28H38N2O2. The first-order valence-corrected chi connectivity index (χ1v) is 11.8. The maximum atomic E-state index is 12.8. The third kappa shape index (κ3) is 6.01. The summed E-state index contributed by atoms with van der Waals surface area (Å²) >= 11 is 0. The lowest BCUT2D eigenvalue weighted by Crippen LogP contribution is -2.30. The number of nitrogens with zero attached hydrogens (tertiary/aromatic N) is 2. The van der Waals surface area contributed by atoms with E-state index in [0.717, 1.165) is 49.4 Å². The lowest BCUT2D eigenvalue weighted by molar-refractivity contribution is 0.0773. The van der Waals surface area contributed by atoms with Gasteiger partial charge in [0.1, 0.15) is 5.75 Å². The van der Waals surface area contributed by atoms with E-state index in [2.05, 4.69) is 49.3 Å². The van der Waals surface area contributed by atoms with Crippen LogP contribution in [-0.2, 0) is 0 Å². The summed E-state index contributed by atoms with van der Waals surface area (Å²) < 4.78 is 5.50. The van der Waals surface area contributed by atoms with Crippen LogP contribution in [0.5, 0.6) is 5.75 Å².